The van der Waals surface area contributed by atoms with Crippen molar-refractivity contribution in [1.82, 2.24) is 10.9 Å². The molecule has 2 heterocycles. The summed E-state index contributed by atoms with van der Waals surface area (Å²) in [7, 11) is 0. The second-order valence-electron chi connectivity index (χ2n) is 4.25. The zero-order chi connectivity index (χ0) is 13.9. The van der Waals surface area contributed by atoms with Crippen molar-refractivity contribution in [3.8, 4) is 5.75 Å². The van der Waals surface area contributed by atoms with Gasteiger partial charge in [0.05, 0.1) is 16.6 Å². The molecule has 0 saturated heterocycles. The third kappa shape index (κ3) is 2.81. The van der Waals surface area contributed by atoms with Crippen molar-refractivity contribution < 1.29 is 13.5 Å². The standard InChI is InChI=1S/C14H12F2N2OS/c15-14(16)19-10-5-3-9(4-6-10)11-8-12(18-17-11)13-2-1-7-20-13/h1-8,11,14,17-18H. The lowest BCUT2D eigenvalue weighted by molar-refractivity contribution is -0.0498. The molecule has 1 aromatic carbocycles. The first-order chi connectivity index (χ1) is 9.72. The molecule has 1 atom stereocenters. The molecule has 3 rings (SSSR count). The Bertz CT molecular complexity index is 596. The smallest absolute Gasteiger partial charge is 0.387 e. The van der Waals surface area contributed by atoms with E-state index in [-0.39, 0.29) is 11.8 Å². The summed E-state index contributed by atoms with van der Waals surface area (Å²) in [4.78, 5) is 1.15. The molecule has 0 radical (unpaired) electrons. The number of hydrogen-bond donors (Lipinski definition) is 2. The minimum Gasteiger partial charge on any atom is -0.435 e. The van der Waals surface area contributed by atoms with Crippen molar-refractivity contribution >= 4 is 17.0 Å². The lowest BCUT2D eigenvalue weighted by Crippen LogP contribution is -2.26. The summed E-state index contributed by atoms with van der Waals surface area (Å²) < 4.78 is 28.5. The van der Waals surface area contributed by atoms with Gasteiger partial charge < -0.3 is 10.2 Å². The van der Waals surface area contributed by atoms with Gasteiger partial charge in [-0.1, -0.05) is 18.2 Å². The number of rotatable bonds is 4. The topological polar surface area (TPSA) is 33.3 Å². The zero-order valence-corrected chi connectivity index (χ0v) is 11.2. The molecule has 104 valence electrons. The first kappa shape index (κ1) is 13.1. The molecule has 0 spiro atoms. The van der Waals surface area contributed by atoms with E-state index in [9.17, 15) is 8.78 Å². The van der Waals surface area contributed by atoms with Gasteiger partial charge in [0.2, 0.25) is 0 Å². The van der Waals surface area contributed by atoms with E-state index < -0.39 is 6.61 Å². The third-order valence-corrected chi connectivity index (χ3v) is 3.85. The van der Waals surface area contributed by atoms with Gasteiger partial charge in [-0.05, 0) is 35.2 Å². The molecule has 3 nitrogen and oxygen atoms in total. The average molecular weight is 294 g/mol. The SMILES string of the molecule is FC(F)Oc1ccc(C2C=C(c3cccs3)NN2)cc1. The summed E-state index contributed by atoms with van der Waals surface area (Å²) in [5.74, 6) is 0.164. The van der Waals surface area contributed by atoms with Crippen LogP contribution in [-0.2, 0) is 0 Å². The highest BCUT2D eigenvalue weighted by Crippen LogP contribution is 2.27. The maximum absolute atomic E-state index is 12.1. The van der Waals surface area contributed by atoms with Crippen molar-refractivity contribution in [3.63, 3.8) is 0 Å². The lowest BCUT2D eigenvalue weighted by Gasteiger charge is -2.10. The Morgan fingerprint density at radius 3 is 2.60 bits per heavy atom. The minimum atomic E-state index is -2.79. The molecule has 1 aromatic heterocycles. The fourth-order valence-electron chi connectivity index (χ4n) is 2.02. The van der Waals surface area contributed by atoms with Gasteiger partial charge in [-0.15, -0.1) is 11.3 Å². The van der Waals surface area contributed by atoms with Gasteiger partial charge in [-0.25, -0.2) is 5.43 Å². The van der Waals surface area contributed by atoms with Crippen LogP contribution in [0.3, 0.4) is 0 Å². The minimum absolute atomic E-state index is 0.00713. The molecule has 2 N–H and O–H groups in total. The van der Waals surface area contributed by atoms with Crippen LogP contribution in [0.2, 0.25) is 0 Å². The van der Waals surface area contributed by atoms with Crippen LogP contribution in [-0.4, -0.2) is 6.61 Å². The van der Waals surface area contributed by atoms with Crippen LogP contribution in [0.5, 0.6) is 5.75 Å². The molecule has 6 heteroatoms. The van der Waals surface area contributed by atoms with Gasteiger partial charge in [0.25, 0.3) is 0 Å². The Hall–Kier alpha value is -1.92. The van der Waals surface area contributed by atoms with E-state index in [4.69, 9.17) is 0 Å². The number of halogens is 2. The summed E-state index contributed by atoms with van der Waals surface area (Å²) in [5.41, 5.74) is 8.27. The Balaban J connectivity index is 1.74. The van der Waals surface area contributed by atoms with E-state index in [0.717, 1.165) is 16.1 Å². The highest BCUT2D eigenvalue weighted by Gasteiger charge is 2.18. The summed E-state index contributed by atoms with van der Waals surface area (Å²) in [6, 6.07) is 10.7. The molecule has 0 aliphatic carbocycles. The summed E-state index contributed by atoms with van der Waals surface area (Å²) in [6.07, 6.45) is 2.06. The van der Waals surface area contributed by atoms with E-state index in [1.165, 1.54) is 0 Å². The van der Waals surface area contributed by atoms with Crippen LogP contribution in [0.1, 0.15) is 16.5 Å². The molecule has 2 aromatic rings. The zero-order valence-electron chi connectivity index (χ0n) is 10.3. The fraction of sp³-hybridized carbons (Fsp3) is 0.143. The molecule has 1 unspecified atom stereocenters. The van der Waals surface area contributed by atoms with E-state index in [0.29, 0.717) is 0 Å². The van der Waals surface area contributed by atoms with E-state index in [1.54, 1.807) is 35.6 Å². The van der Waals surface area contributed by atoms with Crippen molar-refractivity contribution in [2.24, 2.45) is 0 Å². The normalized spacial score (nSPS) is 17.9. The van der Waals surface area contributed by atoms with E-state index in [1.807, 2.05) is 17.5 Å². The fourth-order valence-corrected chi connectivity index (χ4v) is 2.72. The third-order valence-electron chi connectivity index (χ3n) is 2.95. The Morgan fingerprint density at radius 2 is 1.95 bits per heavy atom. The van der Waals surface area contributed by atoms with Crippen LogP contribution >= 0.6 is 11.3 Å². The maximum atomic E-state index is 12.1. The molecule has 0 bridgehead atoms. The largest absolute Gasteiger partial charge is 0.435 e. The first-order valence-corrected chi connectivity index (χ1v) is 6.92. The number of ether oxygens (including phenoxy) is 1. The number of nitrogens with one attached hydrogen (secondary N) is 2. The quantitative estimate of drug-likeness (QED) is 0.905. The predicted octanol–water partition coefficient (Wildman–Crippen LogP) is 3.54. The Morgan fingerprint density at radius 1 is 1.15 bits per heavy atom. The Labute approximate surface area is 118 Å². The molecule has 1 aliphatic rings. The number of hydrogen-bond acceptors (Lipinski definition) is 4. The van der Waals surface area contributed by atoms with Crippen LogP contribution in [0.15, 0.2) is 47.9 Å². The molecule has 0 saturated carbocycles. The second-order valence-corrected chi connectivity index (χ2v) is 5.20. The van der Waals surface area contributed by atoms with E-state index in [2.05, 4.69) is 21.7 Å². The summed E-state index contributed by atoms with van der Waals surface area (Å²) in [5, 5.41) is 2.02. The van der Waals surface area contributed by atoms with Crippen molar-refractivity contribution in [3.05, 3.63) is 58.3 Å². The molecule has 1 aliphatic heterocycles. The van der Waals surface area contributed by atoms with Crippen LogP contribution in [0.25, 0.3) is 5.70 Å². The van der Waals surface area contributed by atoms with E-state index >= 15 is 0 Å². The average Bonchev–Trinajstić information content (AvgIpc) is 3.10. The number of alkyl halides is 2. The van der Waals surface area contributed by atoms with Gasteiger partial charge in [-0.2, -0.15) is 8.78 Å². The summed E-state index contributed by atoms with van der Waals surface area (Å²) in [6.45, 7) is -2.79. The highest BCUT2D eigenvalue weighted by atomic mass is 32.1. The van der Waals surface area contributed by atoms with Gasteiger partial charge in [-0.3, -0.25) is 0 Å². The highest BCUT2D eigenvalue weighted by molar-refractivity contribution is 7.11. The molecule has 20 heavy (non-hydrogen) atoms. The van der Waals surface area contributed by atoms with Crippen LogP contribution in [0.4, 0.5) is 8.78 Å². The number of thiophene rings is 1. The van der Waals surface area contributed by atoms with Gasteiger partial charge in [0, 0.05) is 0 Å². The van der Waals surface area contributed by atoms with Crippen molar-refractivity contribution in [1.29, 1.82) is 0 Å². The van der Waals surface area contributed by atoms with Crippen molar-refractivity contribution in [2.75, 3.05) is 0 Å². The number of benzene rings is 1. The molecule has 0 fully saturated rings. The molecular formula is C14H12F2N2OS. The molecular weight excluding hydrogens is 282 g/mol. The number of hydrazine groups is 1. The van der Waals surface area contributed by atoms with Crippen LogP contribution < -0.4 is 15.6 Å². The summed E-state index contributed by atoms with van der Waals surface area (Å²) >= 11 is 1.65. The van der Waals surface area contributed by atoms with Crippen LogP contribution in [0, 0.1) is 0 Å². The Kier molecular flexibility index (Phi) is 3.66. The first-order valence-electron chi connectivity index (χ1n) is 6.04. The van der Waals surface area contributed by atoms with Gasteiger partial charge in [0.1, 0.15) is 5.75 Å². The second kappa shape index (κ2) is 5.60. The van der Waals surface area contributed by atoms with Gasteiger partial charge in [0.15, 0.2) is 0 Å². The molecule has 0 amide bonds. The van der Waals surface area contributed by atoms with Crippen molar-refractivity contribution in [2.45, 2.75) is 12.7 Å². The lowest BCUT2D eigenvalue weighted by atomic mass is 10.1. The predicted molar refractivity (Wildman–Crippen MR) is 74.4 cm³/mol. The monoisotopic (exact) mass is 294 g/mol. The van der Waals surface area contributed by atoms with Gasteiger partial charge >= 0.3 is 6.61 Å². The maximum Gasteiger partial charge on any atom is 0.387 e.